The number of benzene rings is 5. The highest BCUT2D eigenvalue weighted by atomic mass is 35.5. The van der Waals surface area contributed by atoms with Gasteiger partial charge in [-0.05, 0) is 109 Å². The zero-order valence-electron chi connectivity index (χ0n) is 29.8. The topological polar surface area (TPSA) is 44.8 Å². The van der Waals surface area contributed by atoms with Gasteiger partial charge in [-0.25, -0.2) is 4.79 Å². The Morgan fingerprint density at radius 3 is 1.78 bits per heavy atom. The fourth-order valence-corrected chi connectivity index (χ4v) is 6.21. The van der Waals surface area contributed by atoms with Crippen molar-refractivity contribution in [2.75, 3.05) is 6.61 Å². The van der Waals surface area contributed by atoms with E-state index >= 15 is 0 Å². The molecule has 1 atom stereocenters. The van der Waals surface area contributed by atoms with E-state index in [1.807, 2.05) is 51.1 Å². The van der Waals surface area contributed by atoms with E-state index in [0.717, 1.165) is 34.4 Å². The molecule has 0 amide bonds. The summed E-state index contributed by atoms with van der Waals surface area (Å²) in [5, 5.41) is 0.700. The minimum Gasteiger partial charge on any atom is -0.490 e. The molecule has 260 valence electrons. The average Bonchev–Trinajstić information content (AvgIpc) is 3.13. The maximum absolute atomic E-state index is 12.1. The molecule has 0 N–H and O–H groups in total. The Hall–Kier alpha value is -4.54. The van der Waals surface area contributed by atoms with Gasteiger partial charge in [-0.15, -0.1) is 0 Å². The van der Waals surface area contributed by atoms with Crippen LogP contribution in [0.4, 0.5) is 0 Å². The van der Waals surface area contributed by atoms with Crippen molar-refractivity contribution < 1.29 is 19.0 Å². The SMILES string of the molecule is CCCCCCCCc1ccc(-c2ccc(-c3ccc(-c4ccc(OC(C)COc5ccc(C(=O)OC(C)C)cc5)cc4)c(Cl)c3)cc2)cc1. The van der Waals surface area contributed by atoms with Crippen LogP contribution in [0.5, 0.6) is 11.5 Å². The minimum atomic E-state index is -0.343. The van der Waals surface area contributed by atoms with Crippen LogP contribution in [0.2, 0.25) is 5.02 Å². The van der Waals surface area contributed by atoms with Crippen molar-refractivity contribution in [2.24, 2.45) is 0 Å². The van der Waals surface area contributed by atoms with Gasteiger partial charge in [0.1, 0.15) is 24.2 Å². The fourth-order valence-electron chi connectivity index (χ4n) is 5.92. The summed E-state index contributed by atoms with van der Waals surface area (Å²) in [5.41, 5.74) is 8.57. The summed E-state index contributed by atoms with van der Waals surface area (Å²) in [4.78, 5) is 12.1. The molecule has 0 spiro atoms. The molecule has 0 aromatic heterocycles. The molecule has 0 saturated carbocycles. The highest BCUT2D eigenvalue weighted by Gasteiger charge is 2.12. The van der Waals surface area contributed by atoms with E-state index in [-0.39, 0.29) is 18.2 Å². The highest BCUT2D eigenvalue weighted by Crippen LogP contribution is 2.34. The summed E-state index contributed by atoms with van der Waals surface area (Å²) in [6.07, 6.45) is 8.78. The zero-order chi connectivity index (χ0) is 35.3. The summed E-state index contributed by atoms with van der Waals surface area (Å²) in [6.45, 7) is 8.23. The van der Waals surface area contributed by atoms with E-state index in [1.165, 1.54) is 55.2 Å². The number of halogens is 1. The molecule has 0 fully saturated rings. The number of aryl methyl sites for hydroxylation is 1. The zero-order valence-corrected chi connectivity index (χ0v) is 30.5. The van der Waals surface area contributed by atoms with Crippen molar-refractivity contribution >= 4 is 17.6 Å². The maximum Gasteiger partial charge on any atom is 0.338 e. The molecule has 4 nitrogen and oxygen atoms in total. The minimum absolute atomic E-state index is 0.161. The Kier molecular flexibility index (Phi) is 13.6. The first-order valence-corrected chi connectivity index (χ1v) is 18.4. The highest BCUT2D eigenvalue weighted by molar-refractivity contribution is 6.33. The van der Waals surface area contributed by atoms with E-state index in [1.54, 1.807) is 24.3 Å². The van der Waals surface area contributed by atoms with Gasteiger partial charge in [-0.3, -0.25) is 0 Å². The van der Waals surface area contributed by atoms with Crippen LogP contribution in [0.1, 0.15) is 82.1 Å². The lowest BCUT2D eigenvalue weighted by Crippen LogP contribution is -2.21. The molecule has 0 saturated heterocycles. The van der Waals surface area contributed by atoms with Gasteiger partial charge in [0.15, 0.2) is 0 Å². The standard InChI is InChI=1S/C45H49ClO4/c1-5-6-7-8-9-10-11-34-12-14-35(15-13-34)36-16-18-37(19-17-36)40-24-29-43(44(46)30-40)38-20-27-42(28-21-38)50-33(4)31-48-41-25-22-39(23-26-41)45(47)49-32(2)3/h12-30,32-33H,5-11,31H2,1-4H3. The Morgan fingerprint density at radius 2 is 1.16 bits per heavy atom. The van der Waals surface area contributed by atoms with Crippen LogP contribution in [-0.2, 0) is 11.2 Å². The predicted molar refractivity (Wildman–Crippen MR) is 207 cm³/mol. The van der Waals surface area contributed by atoms with Crippen LogP contribution in [0.15, 0.2) is 115 Å². The molecule has 0 heterocycles. The van der Waals surface area contributed by atoms with Crippen LogP contribution in [0, 0.1) is 0 Å². The third-order valence-electron chi connectivity index (χ3n) is 8.71. The average molecular weight is 689 g/mol. The van der Waals surface area contributed by atoms with Gasteiger partial charge < -0.3 is 14.2 Å². The van der Waals surface area contributed by atoms with Gasteiger partial charge in [-0.1, -0.05) is 123 Å². The molecule has 1 unspecified atom stereocenters. The Bertz CT molecular complexity index is 1780. The van der Waals surface area contributed by atoms with Crippen molar-refractivity contribution in [1.82, 2.24) is 0 Å². The van der Waals surface area contributed by atoms with E-state index in [2.05, 4.69) is 67.6 Å². The van der Waals surface area contributed by atoms with Gasteiger partial charge in [-0.2, -0.15) is 0 Å². The first-order valence-electron chi connectivity index (χ1n) is 18.0. The maximum atomic E-state index is 12.1. The number of esters is 1. The summed E-state index contributed by atoms with van der Waals surface area (Å²) < 4.78 is 17.2. The lowest BCUT2D eigenvalue weighted by molar-refractivity contribution is 0.0377. The number of hydrogen-bond acceptors (Lipinski definition) is 4. The van der Waals surface area contributed by atoms with E-state index in [0.29, 0.717) is 22.9 Å². The van der Waals surface area contributed by atoms with Gasteiger partial charge in [0, 0.05) is 10.6 Å². The molecular weight excluding hydrogens is 640 g/mol. The largest absolute Gasteiger partial charge is 0.490 e. The fraction of sp³-hybridized carbons (Fsp3) is 0.311. The molecule has 0 radical (unpaired) electrons. The Balaban J connectivity index is 1.11. The van der Waals surface area contributed by atoms with Gasteiger partial charge in [0.25, 0.3) is 0 Å². The van der Waals surface area contributed by atoms with Crippen molar-refractivity contribution in [2.45, 2.75) is 84.8 Å². The Labute approximate surface area is 303 Å². The molecule has 5 aromatic carbocycles. The number of hydrogen-bond donors (Lipinski definition) is 0. The lowest BCUT2D eigenvalue weighted by Gasteiger charge is -2.16. The van der Waals surface area contributed by atoms with Crippen molar-refractivity contribution in [3.8, 4) is 44.9 Å². The van der Waals surface area contributed by atoms with Crippen molar-refractivity contribution in [3.05, 3.63) is 131 Å². The van der Waals surface area contributed by atoms with Gasteiger partial charge >= 0.3 is 5.97 Å². The second-order valence-corrected chi connectivity index (χ2v) is 13.6. The number of ether oxygens (including phenoxy) is 3. The molecule has 50 heavy (non-hydrogen) atoms. The summed E-state index contributed by atoms with van der Waals surface area (Å²) in [6, 6.07) is 38.9. The molecular formula is C45H49ClO4. The van der Waals surface area contributed by atoms with Gasteiger partial charge in [0.2, 0.25) is 0 Å². The predicted octanol–water partition coefficient (Wildman–Crippen LogP) is 12.7. The van der Waals surface area contributed by atoms with E-state index in [9.17, 15) is 4.79 Å². The molecule has 0 aliphatic heterocycles. The summed E-state index contributed by atoms with van der Waals surface area (Å²) >= 11 is 6.82. The first kappa shape index (κ1) is 36.7. The summed E-state index contributed by atoms with van der Waals surface area (Å²) in [7, 11) is 0. The Morgan fingerprint density at radius 1 is 0.620 bits per heavy atom. The smallest absolute Gasteiger partial charge is 0.338 e. The van der Waals surface area contributed by atoms with Crippen LogP contribution in [0.3, 0.4) is 0 Å². The molecule has 5 rings (SSSR count). The van der Waals surface area contributed by atoms with Gasteiger partial charge in [0.05, 0.1) is 11.7 Å². The number of unbranched alkanes of at least 4 members (excludes halogenated alkanes) is 5. The molecule has 0 aliphatic rings. The van der Waals surface area contributed by atoms with Crippen molar-refractivity contribution in [3.63, 3.8) is 0 Å². The van der Waals surface area contributed by atoms with E-state index < -0.39 is 0 Å². The van der Waals surface area contributed by atoms with Crippen molar-refractivity contribution in [1.29, 1.82) is 0 Å². The van der Waals surface area contributed by atoms with E-state index in [4.69, 9.17) is 25.8 Å². The monoisotopic (exact) mass is 688 g/mol. The molecule has 0 bridgehead atoms. The molecule has 5 aromatic rings. The third-order valence-corrected chi connectivity index (χ3v) is 9.03. The van der Waals surface area contributed by atoms with Crippen LogP contribution < -0.4 is 9.47 Å². The second kappa shape index (κ2) is 18.5. The summed E-state index contributed by atoms with van der Waals surface area (Å²) in [5.74, 6) is 1.07. The van der Waals surface area contributed by atoms with Crippen LogP contribution >= 0.6 is 11.6 Å². The number of rotatable bonds is 17. The number of carbonyl (C=O) groups is 1. The van der Waals surface area contributed by atoms with Crippen LogP contribution in [0.25, 0.3) is 33.4 Å². The quantitative estimate of drug-likeness (QED) is 0.0720. The lowest BCUT2D eigenvalue weighted by atomic mass is 9.97. The molecule has 5 heteroatoms. The third kappa shape index (κ3) is 10.7. The normalized spacial score (nSPS) is 11.7. The van der Waals surface area contributed by atoms with Crippen LogP contribution in [-0.4, -0.2) is 24.8 Å². The number of carbonyl (C=O) groups excluding carboxylic acids is 1. The molecule has 0 aliphatic carbocycles. The second-order valence-electron chi connectivity index (χ2n) is 13.2. The first-order chi connectivity index (χ1) is 24.3.